The summed E-state index contributed by atoms with van der Waals surface area (Å²) >= 11 is 0. The van der Waals surface area contributed by atoms with Crippen LogP contribution in [0.2, 0.25) is 0 Å². The van der Waals surface area contributed by atoms with Gasteiger partial charge in [-0.1, -0.05) is 78.1 Å². The summed E-state index contributed by atoms with van der Waals surface area (Å²) in [6.45, 7) is 5.70. The first kappa shape index (κ1) is 20.7. The molecule has 0 aliphatic carbocycles. The summed E-state index contributed by atoms with van der Waals surface area (Å²) in [7, 11) is 0. The number of aryl methyl sites for hydroxylation is 1. The maximum Gasteiger partial charge on any atom is 0.330 e. The van der Waals surface area contributed by atoms with Crippen LogP contribution in [-0.2, 0) is 13.1 Å². The van der Waals surface area contributed by atoms with E-state index in [0.29, 0.717) is 6.54 Å². The molecule has 0 bridgehead atoms. The van der Waals surface area contributed by atoms with Crippen molar-refractivity contribution in [2.24, 2.45) is 0 Å². The van der Waals surface area contributed by atoms with Gasteiger partial charge in [-0.05, 0) is 12.8 Å². The van der Waals surface area contributed by atoms with E-state index in [-0.39, 0.29) is 11.2 Å². The van der Waals surface area contributed by atoms with Crippen LogP contribution in [-0.4, -0.2) is 9.13 Å². The van der Waals surface area contributed by atoms with Gasteiger partial charge in [0.1, 0.15) is 0 Å². The second-order valence-corrected chi connectivity index (χ2v) is 6.82. The van der Waals surface area contributed by atoms with Crippen molar-refractivity contribution in [2.75, 3.05) is 0 Å². The van der Waals surface area contributed by atoms with Gasteiger partial charge in [-0.2, -0.15) is 0 Å². The lowest BCUT2D eigenvalue weighted by atomic mass is 10.1. The Morgan fingerprint density at radius 2 is 1.21 bits per heavy atom. The van der Waals surface area contributed by atoms with Crippen molar-refractivity contribution in [3.8, 4) is 0 Å². The topological polar surface area (TPSA) is 44.0 Å². The van der Waals surface area contributed by atoms with Crippen LogP contribution in [0.25, 0.3) is 0 Å². The van der Waals surface area contributed by atoms with Gasteiger partial charge in [0, 0.05) is 25.4 Å². The lowest BCUT2D eigenvalue weighted by Crippen LogP contribution is -2.39. The first-order chi connectivity index (χ1) is 11.7. The zero-order chi connectivity index (χ0) is 17.6. The molecular weight excluding hydrogens is 300 g/mol. The highest BCUT2D eigenvalue weighted by Crippen LogP contribution is 2.06. The Bertz CT molecular complexity index is 545. The van der Waals surface area contributed by atoms with Gasteiger partial charge in [0.2, 0.25) is 0 Å². The van der Waals surface area contributed by atoms with Crippen LogP contribution in [0, 0.1) is 0 Å². The molecule has 0 unspecified atom stereocenters. The predicted octanol–water partition coefficient (Wildman–Crippen LogP) is 4.73. The fourth-order valence-electron chi connectivity index (χ4n) is 3.05. The summed E-state index contributed by atoms with van der Waals surface area (Å²) in [5.41, 5.74) is -0.294. The van der Waals surface area contributed by atoms with E-state index in [0.717, 1.165) is 32.2 Å². The van der Waals surface area contributed by atoms with Crippen LogP contribution in [0.3, 0.4) is 0 Å². The summed E-state index contributed by atoms with van der Waals surface area (Å²) in [5, 5.41) is 0. The number of nitrogens with zero attached hydrogens (tertiary/aromatic N) is 2. The van der Waals surface area contributed by atoms with Gasteiger partial charge in [0.15, 0.2) is 0 Å². The summed E-state index contributed by atoms with van der Waals surface area (Å²) in [4.78, 5) is 24.4. The normalized spacial score (nSPS) is 11.1. The molecule has 0 spiro atoms. The Morgan fingerprint density at radius 3 is 1.79 bits per heavy atom. The van der Waals surface area contributed by atoms with E-state index >= 15 is 0 Å². The fraction of sp³-hybridized carbons (Fsp3) is 0.800. The second-order valence-electron chi connectivity index (χ2n) is 6.82. The van der Waals surface area contributed by atoms with Crippen LogP contribution < -0.4 is 11.2 Å². The van der Waals surface area contributed by atoms with Crippen LogP contribution in [0.4, 0.5) is 0 Å². The van der Waals surface area contributed by atoms with Gasteiger partial charge in [-0.3, -0.25) is 9.36 Å². The molecule has 0 saturated heterocycles. The monoisotopic (exact) mass is 336 g/mol. The molecule has 0 saturated carbocycles. The third kappa shape index (κ3) is 7.98. The molecule has 0 fully saturated rings. The zero-order valence-corrected chi connectivity index (χ0v) is 15.8. The SMILES string of the molecule is CCCCCCCCn1ccc(=O)n(CCCCCCCC)c1=O. The Morgan fingerprint density at radius 1 is 0.708 bits per heavy atom. The average molecular weight is 337 g/mol. The average Bonchev–Trinajstić information content (AvgIpc) is 2.58. The molecule has 1 rings (SSSR count). The minimum atomic E-state index is -0.159. The molecule has 4 heteroatoms. The summed E-state index contributed by atoms with van der Waals surface area (Å²) in [6, 6.07) is 1.54. The quantitative estimate of drug-likeness (QED) is 0.461. The largest absolute Gasteiger partial charge is 0.330 e. The molecule has 1 heterocycles. The highest BCUT2D eigenvalue weighted by atomic mass is 16.2. The van der Waals surface area contributed by atoms with Crippen molar-refractivity contribution in [1.82, 2.24) is 9.13 Å². The number of hydrogen-bond donors (Lipinski definition) is 0. The third-order valence-electron chi connectivity index (χ3n) is 4.63. The highest BCUT2D eigenvalue weighted by molar-refractivity contribution is 4.86. The van der Waals surface area contributed by atoms with E-state index in [1.54, 1.807) is 10.8 Å². The molecule has 0 aromatic carbocycles. The standard InChI is InChI=1S/C20H36N2O2/c1-3-5-7-9-11-13-16-21-18-15-19(23)22(20(21)24)17-14-12-10-8-6-4-2/h15,18H,3-14,16-17H2,1-2H3. The molecular formula is C20H36N2O2. The molecule has 0 aliphatic heterocycles. The van der Waals surface area contributed by atoms with Gasteiger partial charge in [0.25, 0.3) is 5.56 Å². The van der Waals surface area contributed by atoms with Gasteiger partial charge >= 0.3 is 5.69 Å². The Kier molecular flexibility index (Phi) is 11.2. The minimum absolute atomic E-state index is 0.135. The van der Waals surface area contributed by atoms with Crippen molar-refractivity contribution in [3.05, 3.63) is 33.1 Å². The van der Waals surface area contributed by atoms with Crippen molar-refractivity contribution in [2.45, 2.75) is 104 Å². The molecule has 0 amide bonds. The van der Waals surface area contributed by atoms with Crippen LogP contribution in [0.15, 0.2) is 21.9 Å². The minimum Gasteiger partial charge on any atom is -0.300 e. The highest BCUT2D eigenvalue weighted by Gasteiger charge is 2.05. The maximum atomic E-state index is 12.4. The van der Waals surface area contributed by atoms with Crippen LogP contribution in [0.1, 0.15) is 90.9 Å². The van der Waals surface area contributed by atoms with Crippen molar-refractivity contribution >= 4 is 0 Å². The second kappa shape index (κ2) is 13.0. The van der Waals surface area contributed by atoms with Gasteiger partial charge in [-0.25, -0.2) is 4.79 Å². The van der Waals surface area contributed by atoms with Crippen molar-refractivity contribution < 1.29 is 0 Å². The van der Waals surface area contributed by atoms with Gasteiger partial charge in [-0.15, -0.1) is 0 Å². The van der Waals surface area contributed by atoms with E-state index in [9.17, 15) is 9.59 Å². The molecule has 0 atom stereocenters. The molecule has 1 aromatic rings. The van der Waals surface area contributed by atoms with Gasteiger partial charge < -0.3 is 4.57 Å². The molecule has 24 heavy (non-hydrogen) atoms. The third-order valence-corrected chi connectivity index (χ3v) is 4.63. The Hall–Kier alpha value is -1.32. The van der Waals surface area contributed by atoms with E-state index in [2.05, 4.69) is 13.8 Å². The zero-order valence-electron chi connectivity index (χ0n) is 15.8. The Labute approximate surface area is 146 Å². The fourth-order valence-corrected chi connectivity index (χ4v) is 3.05. The van der Waals surface area contributed by atoms with Crippen molar-refractivity contribution in [3.63, 3.8) is 0 Å². The first-order valence-electron chi connectivity index (χ1n) is 10.0. The lowest BCUT2D eigenvalue weighted by Gasteiger charge is -2.10. The lowest BCUT2D eigenvalue weighted by molar-refractivity contribution is 0.489. The molecule has 0 radical (unpaired) electrons. The Balaban J connectivity index is 2.43. The number of unbranched alkanes of at least 4 members (excludes halogenated alkanes) is 10. The van der Waals surface area contributed by atoms with E-state index in [1.165, 1.54) is 62.0 Å². The van der Waals surface area contributed by atoms with Crippen LogP contribution >= 0.6 is 0 Å². The first-order valence-corrected chi connectivity index (χ1v) is 10.0. The number of aromatic nitrogens is 2. The van der Waals surface area contributed by atoms with Crippen molar-refractivity contribution in [1.29, 1.82) is 0 Å². The molecule has 0 aliphatic rings. The predicted molar refractivity (Wildman–Crippen MR) is 102 cm³/mol. The van der Waals surface area contributed by atoms with Crippen LogP contribution in [0.5, 0.6) is 0 Å². The summed E-state index contributed by atoms with van der Waals surface area (Å²) in [6.07, 6.45) is 15.9. The van der Waals surface area contributed by atoms with Gasteiger partial charge in [0.05, 0.1) is 0 Å². The number of rotatable bonds is 14. The maximum absolute atomic E-state index is 12.4. The molecule has 4 nitrogen and oxygen atoms in total. The smallest absolute Gasteiger partial charge is 0.300 e. The van der Waals surface area contributed by atoms with E-state index in [4.69, 9.17) is 0 Å². The van der Waals surface area contributed by atoms with E-state index < -0.39 is 0 Å². The molecule has 0 N–H and O–H groups in total. The van der Waals surface area contributed by atoms with E-state index in [1.807, 2.05) is 0 Å². The number of hydrogen-bond acceptors (Lipinski definition) is 2. The summed E-state index contributed by atoms with van der Waals surface area (Å²) in [5.74, 6) is 0. The summed E-state index contributed by atoms with van der Waals surface area (Å²) < 4.78 is 3.12. The molecule has 1 aromatic heterocycles. The molecule has 138 valence electrons.